The molecule has 1 aromatic carbocycles. The highest BCUT2D eigenvalue weighted by Crippen LogP contribution is 2.17. The molecule has 21 heavy (non-hydrogen) atoms. The Hall–Kier alpha value is -2.47. The first-order valence-electron chi connectivity index (χ1n) is 6.83. The molecular weight excluding hydrogens is 266 g/mol. The van der Waals surface area contributed by atoms with Crippen LogP contribution in [0.1, 0.15) is 11.1 Å². The number of aliphatic hydroxyl groups is 1. The summed E-state index contributed by atoms with van der Waals surface area (Å²) in [6.07, 6.45) is 4.32. The van der Waals surface area contributed by atoms with Gasteiger partial charge in [0.05, 0.1) is 12.0 Å². The number of hydrogen-bond acceptors (Lipinski definition) is 5. The summed E-state index contributed by atoms with van der Waals surface area (Å²) in [5, 5.41) is 17.5. The van der Waals surface area contributed by atoms with Crippen molar-refractivity contribution < 1.29 is 5.11 Å². The maximum absolute atomic E-state index is 9.02. The quantitative estimate of drug-likeness (QED) is 0.742. The van der Waals surface area contributed by atoms with Crippen molar-refractivity contribution in [2.45, 2.75) is 13.0 Å². The summed E-state index contributed by atoms with van der Waals surface area (Å²) in [5.74, 6) is 0.806. The van der Waals surface area contributed by atoms with Gasteiger partial charge in [0.15, 0.2) is 5.65 Å². The van der Waals surface area contributed by atoms with E-state index in [2.05, 4.69) is 20.4 Å². The van der Waals surface area contributed by atoms with E-state index in [0.717, 1.165) is 29.7 Å². The van der Waals surface area contributed by atoms with Crippen molar-refractivity contribution in [3.8, 4) is 0 Å². The molecule has 108 valence electrons. The largest absolute Gasteiger partial charge is 0.392 e. The number of rotatable bonds is 5. The van der Waals surface area contributed by atoms with Gasteiger partial charge in [-0.1, -0.05) is 24.3 Å². The lowest BCUT2D eigenvalue weighted by molar-refractivity contribution is 0.282. The minimum absolute atomic E-state index is 0.0818. The second kappa shape index (κ2) is 5.88. The van der Waals surface area contributed by atoms with Crippen LogP contribution in [0, 0.1) is 0 Å². The van der Waals surface area contributed by atoms with E-state index in [1.165, 1.54) is 11.9 Å². The Balaban J connectivity index is 1.66. The first-order valence-corrected chi connectivity index (χ1v) is 6.83. The second-order valence-electron chi connectivity index (χ2n) is 4.91. The molecule has 0 aliphatic carbocycles. The van der Waals surface area contributed by atoms with Crippen LogP contribution >= 0.6 is 0 Å². The summed E-state index contributed by atoms with van der Waals surface area (Å²) in [6.45, 7) is 0.859. The Morgan fingerprint density at radius 2 is 1.90 bits per heavy atom. The van der Waals surface area contributed by atoms with Gasteiger partial charge in [0, 0.05) is 19.8 Å². The monoisotopic (exact) mass is 283 g/mol. The molecule has 2 aromatic heterocycles. The molecule has 3 rings (SSSR count). The molecule has 0 saturated carbocycles. The van der Waals surface area contributed by atoms with E-state index in [-0.39, 0.29) is 6.61 Å². The van der Waals surface area contributed by atoms with E-state index in [1.54, 1.807) is 4.68 Å². The molecule has 0 saturated heterocycles. The number of aryl methyl sites for hydroxylation is 1. The number of aliphatic hydroxyl groups excluding tert-OH is 1. The Morgan fingerprint density at radius 3 is 2.67 bits per heavy atom. The van der Waals surface area contributed by atoms with Gasteiger partial charge in [-0.3, -0.25) is 4.68 Å². The van der Waals surface area contributed by atoms with Crippen molar-refractivity contribution in [2.75, 3.05) is 11.9 Å². The molecule has 2 N–H and O–H groups in total. The molecule has 6 nitrogen and oxygen atoms in total. The maximum Gasteiger partial charge on any atom is 0.186 e. The number of benzene rings is 1. The fraction of sp³-hybridized carbons (Fsp3) is 0.267. The summed E-state index contributed by atoms with van der Waals surface area (Å²) in [7, 11) is 1.87. The van der Waals surface area contributed by atoms with Crippen LogP contribution in [-0.4, -0.2) is 31.4 Å². The van der Waals surface area contributed by atoms with Gasteiger partial charge in [-0.15, -0.1) is 0 Å². The average molecular weight is 283 g/mol. The Morgan fingerprint density at radius 1 is 1.14 bits per heavy atom. The molecule has 2 heterocycles. The Labute approximate surface area is 122 Å². The van der Waals surface area contributed by atoms with Gasteiger partial charge >= 0.3 is 0 Å². The van der Waals surface area contributed by atoms with E-state index >= 15 is 0 Å². The van der Waals surface area contributed by atoms with Crippen LogP contribution < -0.4 is 5.32 Å². The van der Waals surface area contributed by atoms with Crippen LogP contribution in [0.15, 0.2) is 36.8 Å². The maximum atomic E-state index is 9.02. The van der Waals surface area contributed by atoms with Crippen LogP contribution in [0.2, 0.25) is 0 Å². The molecule has 0 bridgehead atoms. The number of anilines is 1. The van der Waals surface area contributed by atoms with Crippen LogP contribution in [0.3, 0.4) is 0 Å². The minimum Gasteiger partial charge on any atom is -0.392 e. The van der Waals surface area contributed by atoms with Gasteiger partial charge in [0.1, 0.15) is 12.1 Å². The highest BCUT2D eigenvalue weighted by Gasteiger charge is 2.06. The van der Waals surface area contributed by atoms with Crippen molar-refractivity contribution >= 4 is 16.9 Å². The number of nitrogens with one attached hydrogen (secondary N) is 1. The third-order valence-corrected chi connectivity index (χ3v) is 3.34. The van der Waals surface area contributed by atoms with Gasteiger partial charge < -0.3 is 10.4 Å². The molecule has 0 aliphatic rings. The number of nitrogens with zero attached hydrogens (tertiary/aromatic N) is 4. The van der Waals surface area contributed by atoms with E-state index < -0.39 is 0 Å². The number of fused-ring (bicyclic) bond motifs is 1. The van der Waals surface area contributed by atoms with Crippen molar-refractivity contribution in [3.05, 3.63) is 47.9 Å². The predicted octanol–water partition coefficient (Wildman–Crippen LogP) is 1.51. The summed E-state index contributed by atoms with van der Waals surface area (Å²) in [4.78, 5) is 8.41. The lowest BCUT2D eigenvalue weighted by atomic mass is 10.1. The normalized spacial score (nSPS) is 11.0. The summed E-state index contributed by atoms with van der Waals surface area (Å²) in [5.41, 5.74) is 2.85. The molecular formula is C15H17N5O. The Kier molecular flexibility index (Phi) is 3.79. The van der Waals surface area contributed by atoms with Crippen molar-refractivity contribution in [2.24, 2.45) is 7.05 Å². The van der Waals surface area contributed by atoms with Crippen LogP contribution in [0.4, 0.5) is 5.82 Å². The first kappa shape index (κ1) is 13.5. The molecule has 0 radical (unpaired) electrons. The molecule has 0 spiro atoms. The van der Waals surface area contributed by atoms with E-state index in [1.807, 2.05) is 37.5 Å². The molecule has 0 fully saturated rings. The summed E-state index contributed by atoms with van der Waals surface area (Å²) in [6, 6.07) is 7.96. The molecule has 0 amide bonds. The van der Waals surface area contributed by atoms with Crippen molar-refractivity contribution in [1.29, 1.82) is 0 Å². The van der Waals surface area contributed by atoms with E-state index in [0.29, 0.717) is 5.65 Å². The van der Waals surface area contributed by atoms with Crippen molar-refractivity contribution in [1.82, 2.24) is 19.7 Å². The summed E-state index contributed by atoms with van der Waals surface area (Å²) < 4.78 is 1.73. The highest BCUT2D eigenvalue weighted by molar-refractivity contribution is 5.85. The lowest BCUT2D eigenvalue weighted by Gasteiger charge is -2.06. The van der Waals surface area contributed by atoms with Crippen LogP contribution in [0.5, 0.6) is 0 Å². The van der Waals surface area contributed by atoms with Gasteiger partial charge in [-0.05, 0) is 17.5 Å². The topological polar surface area (TPSA) is 75.9 Å². The smallest absolute Gasteiger partial charge is 0.186 e. The molecule has 0 aliphatic heterocycles. The predicted molar refractivity (Wildman–Crippen MR) is 80.9 cm³/mol. The minimum atomic E-state index is 0.0818. The first-order chi connectivity index (χ1) is 10.3. The van der Waals surface area contributed by atoms with E-state index in [4.69, 9.17) is 5.11 Å². The summed E-state index contributed by atoms with van der Waals surface area (Å²) >= 11 is 0. The zero-order valence-electron chi connectivity index (χ0n) is 11.8. The fourth-order valence-corrected chi connectivity index (χ4v) is 2.23. The zero-order chi connectivity index (χ0) is 14.7. The van der Waals surface area contributed by atoms with Crippen LogP contribution in [-0.2, 0) is 20.1 Å². The number of hydrogen-bond donors (Lipinski definition) is 2. The lowest BCUT2D eigenvalue weighted by Crippen LogP contribution is -2.06. The molecule has 0 unspecified atom stereocenters. The molecule has 6 heteroatoms. The van der Waals surface area contributed by atoms with Gasteiger partial charge in [0.2, 0.25) is 0 Å². The molecule has 0 atom stereocenters. The third-order valence-electron chi connectivity index (χ3n) is 3.34. The standard InChI is InChI=1S/C15H17N5O/c1-20-8-13-14(17-10-18-15(13)19-20)16-7-6-11-2-4-12(9-21)5-3-11/h2-5,8,10,21H,6-7,9H2,1H3,(H,16,17,18,19). The van der Waals surface area contributed by atoms with Gasteiger partial charge in [-0.25, -0.2) is 9.97 Å². The fourth-order valence-electron chi connectivity index (χ4n) is 2.23. The van der Waals surface area contributed by atoms with Crippen molar-refractivity contribution in [3.63, 3.8) is 0 Å². The number of aromatic nitrogens is 4. The highest BCUT2D eigenvalue weighted by atomic mass is 16.3. The molecule has 3 aromatic rings. The zero-order valence-corrected chi connectivity index (χ0v) is 11.8. The Bertz CT molecular complexity index is 735. The second-order valence-corrected chi connectivity index (χ2v) is 4.91. The third kappa shape index (κ3) is 3.00. The van der Waals surface area contributed by atoms with Gasteiger partial charge in [-0.2, -0.15) is 5.10 Å². The van der Waals surface area contributed by atoms with E-state index in [9.17, 15) is 0 Å². The average Bonchev–Trinajstić information content (AvgIpc) is 2.89. The SMILES string of the molecule is Cn1cc2c(NCCc3ccc(CO)cc3)ncnc2n1. The van der Waals surface area contributed by atoms with Gasteiger partial charge in [0.25, 0.3) is 0 Å². The van der Waals surface area contributed by atoms with Crippen LogP contribution in [0.25, 0.3) is 11.0 Å².